The van der Waals surface area contributed by atoms with E-state index in [0.717, 1.165) is 19.3 Å². The molecule has 1 aromatic rings. The number of hydrogen-bond acceptors (Lipinski definition) is 2. The minimum absolute atomic E-state index is 0.0606. The Balaban J connectivity index is 2.47. The van der Waals surface area contributed by atoms with Crippen LogP contribution >= 0.6 is 46.4 Å². The Hall–Kier alpha value is -0.150. The van der Waals surface area contributed by atoms with Crippen molar-refractivity contribution >= 4 is 52.4 Å². The monoisotopic (exact) mass is 370 g/mol. The highest BCUT2D eigenvalue weighted by Gasteiger charge is 2.17. The molecule has 0 N–H and O–H groups in total. The normalized spacial score (nSPS) is 10.7. The van der Waals surface area contributed by atoms with E-state index in [4.69, 9.17) is 51.1 Å². The van der Waals surface area contributed by atoms with Crippen LogP contribution in [0.4, 0.5) is 0 Å². The molecule has 0 aliphatic heterocycles. The Bertz CT molecular complexity index is 489. The highest BCUT2D eigenvalue weighted by Crippen LogP contribution is 2.42. The molecule has 0 fully saturated rings. The van der Waals surface area contributed by atoms with Gasteiger partial charge in [-0.1, -0.05) is 85.4 Å². The first kappa shape index (κ1) is 18.9. The molecule has 0 aromatic heterocycles. The van der Waals surface area contributed by atoms with Crippen LogP contribution in [0.15, 0.2) is 6.07 Å². The lowest BCUT2D eigenvalue weighted by Crippen LogP contribution is -2.08. The second-order valence-corrected chi connectivity index (χ2v) is 6.36. The lowest BCUT2D eigenvalue weighted by Gasteiger charge is -2.10. The van der Waals surface area contributed by atoms with E-state index >= 15 is 0 Å². The Kier molecular flexibility index (Phi) is 8.80. The molecular formula is C15H18Cl4O2. The highest BCUT2D eigenvalue weighted by molar-refractivity contribution is 6.50. The van der Waals surface area contributed by atoms with Crippen molar-refractivity contribution in [1.29, 1.82) is 0 Å². The van der Waals surface area contributed by atoms with E-state index in [1.165, 1.54) is 25.3 Å². The summed E-state index contributed by atoms with van der Waals surface area (Å²) in [5.41, 5.74) is 0. The predicted molar refractivity (Wildman–Crippen MR) is 90.1 cm³/mol. The van der Waals surface area contributed by atoms with Crippen LogP contribution in [0.1, 0.15) is 51.9 Å². The molecule has 2 nitrogen and oxygen atoms in total. The summed E-state index contributed by atoms with van der Waals surface area (Å²) in [6.07, 6.45) is 6.91. The molecule has 0 heterocycles. The van der Waals surface area contributed by atoms with Crippen LogP contribution in [0.5, 0.6) is 5.75 Å². The molecular weight excluding hydrogens is 354 g/mol. The number of carbonyl (C=O) groups is 1. The highest BCUT2D eigenvalue weighted by atomic mass is 35.5. The van der Waals surface area contributed by atoms with Crippen LogP contribution in [0.25, 0.3) is 0 Å². The van der Waals surface area contributed by atoms with Gasteiger partial charge in [0.15, 0.2) is 5.75 Å². The zero-order valence-corrected chi connectivity index (χ0v) is 14.9. The molecule has 118 valence electrons. The quantitative estimate of drug-likeness (QED) is 0.162. The molecule has 0 aliphatic carbocycles. The zero-order chi connectivity index (χ0) is 15.8. The molecule has 1 rings (SSSR count). The fraction of sp³-hybridized carbons (Fsp3) is 0.533. The summed E-state index contributed by atoms with van der Waals surface area (Å²) in [4.78, 5) is 11.8. The van der Waals surface area contributed by atoms with Gasteiger partial charge in [0.1, 0.15) is 5.02 Å². The molecule has 0 atom stereocenters. The maximum absolute atomic E-state index is 11.8. The molecule has 0 radical (unpaired) electrons. The predicted octanol–water partition coefficient (Wildman–Crippen LogP) is 6.96. The smallest absolute Gasteiger partial charge is 0.311 e. The average Bonchev–Trinajstić information content (AvgIpc) is 2.45. The molecule has 0 bridgehead atoms. The van der Waals surface area contributed by atoms with Gasteiger partial charge in [0.2, 0.25) is 0 Å². The maximum Gasteiger partial charge on any atom is 0.311 e. The minimum Gasteiger partial charge on any atom is -0.423 e. The van der Waals surface area contributed by atoms with Crippen molar-refractivity contribution in [3.05, 3.63) is 26.2 Å². The van der Waals surface area contributed by atoms with Crippen LogP contribution in [0.3, 0.4) is 0 Å². The standard InChI is InChI=1S/C15H18Cl4O2/c1-2-3-4-5-6-7-8-12(20)21-15-11(17)9-10(16)13(18)14(15)19/h9H,2-8H2,1H3. The first-order chi connectivity index (χ1) is 9.97. The van der Waals surface area contributed by atoms with Crippen LogP contribution in [0, 0.1) is 0 Å². The number of ether oxygens (including phenoxy) is 1. The van der Waals surface area contributed by atoms with E-state index in [9.17, 15) is 4.79 Å². The van der Waals surface area contributed by atoms with Gasteiger partial charge in [0.25, 0.3) is 0 Å². The van der Waals surface area contributed by atoms with Crippen molar-refractivity contribution in [2.24, 2.45) is 0 Å². The minimum atomic E-state index is -0.368. The summed E-state index contributed by atoms with van der Waals surface area (Å²) in [6.45, 7) is 2.17. The van der Waals surface area contributed by atoms with Gasteiger partial charge in [-0.25, -0.2) is 0 Å². The van der Waals surface area contributed by atoms with Gasteiger partial charge in [-0.2, -0.15) is 0 Å². The second kappa shape index (κ2) is 9.78. The molecule has 0 unspecified atom stereocenters. The van der Waals surface area contributed by atoms with Crippen molar-refractivity contribution in [2.75, 3.05) is 0 Å². The average molecular weight is 372 g/mol. The second-order valence-electron chi connectivity index (χ2n) is 4.79. The molecule has 0 saturated heterocycles. The molecule has 21 heavy (non-hydrogen) atoms. The Morgan fingerprint density at radius 2 is 1.57 bits per heavy atom. The largest absolute Gasteiger partial charge is 0.423 e. The third-order valence-corrected chi connectivity index (χ3v) is 4.55. The molecule has 0 saturated carbocycles. The number of benzene rings is 1. The number of esters is 1. The van der Waals surface area contributed by atoms with E-state index in [0.29, 0.717) is 6.42 Å². The van der Waals surface area contributed by atoms with Crippen LogP contribution in [0.2, 0.25) is 20.1 Å². The molecule has 0 spiro atoms. The van der Waals surface area contributed by atoms with Gasteiger partial charge in [-0.3, -0.25) is 4.79 Å². The number of hydrogen-bond donors (Lipinski definition) is 0. The van der Waals surface area contributed by atoms with Gasteiger partial charge in [-0.15, -0.1) is 0 Å². The van der Waals surface area contributed by atoms with Gasteiger partial charge in [0, 0.05) is 6.42 Å². The van der Waals surface area contributed by atoms with Crippen molar-refractivity contribution in [1.82, 2.24) is 0 Å². The summed E-state index contributed by atoms with van der Waals surface area (Å²) in [5, 5.41) is 0.587. The maximum atomic E-state index is 11.8. The van der Waals surface area contributed by atoms with Crippen LogP contribution < -0.4 is 4.74 Å². The van der Waals surface area contributed by atoms with Crippen LogP contribution in [-0.4, -0.2) is 5.97 Å². The summed E-state index contributed by atoms with van der Waals surface area (Å²) in [7, 11) is 0. The number of rotatable bonds is 8. The fourth-order valence-electron chi connectivity index (χ4n) is 1.86. The lowest BCUT2D eigenvalue weighted by molar-refractivity contribution is -0.134. The van der Waals surface area contributed by atoms with Gasteiger partial charge in [-0.05, 0) is 12.5 Å². The molecule has 1 aromatic carbocycles. The Labute approximate surface area is 145 Å². The van der Waals surface area contributed by atoms with E-state index in [2.05, 4.69) is 6.92 Å². The summed E-state index contributed by atoms with van der Waals surface area (Å²) >= 11 is 23.7. The SMILES string of the molecule is CCCCCCCCC(=O)Oc1c(Cl)cc(Cl)c(Cl)c1Cl. The fourth-order valence-corrected chi connectivity index (χ4v) is 2.84. The zero-order valence-electron chi connectivity index (χ0n) is 11.9. The van der Waals surface area contributed by atoms with E-state index in [1.54, 1.807) is 0 Å². The van der Waals surface area contributed by atoms with Crippen molar-refractivity contribution in [3.63, 3.8) is 0 Å². The van der Waals surface area contributed by atoms with Gasteiger partial charge >= 0.3 is 5.97 Å². The van der Waals surface area contributed by atoms with E-state index in [1.807, 2.05) is 0 Å². The topological polar surface area (TPSA) is 26.3 Å². The first-order valence-electron chi connectivity index (χ1n) is 7.01. The lowest BCUT2D eigenvalue weighted by atomic mass is 10.1. The molecule has 6 heteroatoms. The number of unbranched alkanes of at least 4 members (excludes halogenated alkanes) is 5. The molecule has 0 aliphatic rings. The third-order valence-electron chi connectivity index (χ3n) is 3.02. The van der Waals surface area contributed by atoms with E-state index in [-0.39, 0.29) is 31.8 Å². The number of carbonyl (C=O) groups excluding carboxylic acids is 1. The summed E-state index contributed by atoms with van der Waals surface area (Å²) in [5.74, 6) is -0.295. The van der Waals surface area contributed by atoms with Gasteiger partial charge < -0.3 is 4.74 Å². The molecule has 0 amide bonds. The van der Waals surface area contributed by atoms with Gasteiger partial charge in [0.05, 0.1) is 15.1 Å². The number of halogens is 4. The Morgan fingerprint density at radius 1 is 0.952 bits per heavy atom. The summed E-state index contributed by atoms with van der Waals surface area (Å²) < 4.78 is 5.19. The van der Waals surface area contributed by atoms with Crippen molar-refractivity contribution in [2.45, 2.75) is 51.9 Å². The van der Waals surface area contributed by atoms with E-state index < -0.39 is 0 Å². The summed E-state index contributed by atoms with van der Waals surface area (Å²) in [6, 6.07) is 1.41. The van der Waals surface area contributed by atoms with Crippen molar-refractivity contribution in [3.8, 4) is 5.75 Å². The third kappa shape index (κ3) is 6.23. The van der Waals surface area contributed by atoms with Crippen molar-refractivity contribution < 1.29 is 9.53 Å². The Morgan fingerprint density at radius 3 is 2.24 bits per heavy atom. The van der Waals surface area contributed by atoms with Crippen LogP contribution in [-0.2, 0) is 4.79 Å². The first-order valence-corrected chi connectivity index (χ1v) is 8.52.